The highest BCUT2D eigenvalue weighted by Gasteiger charge is 2.07. The van der Waals surface area contributed by atoms with E-state index < -0.39 is 0 Å². The quantitative estimate of drug-likeness (QED) is 0.190. The van der Waals surface area contributed by atoms with Crippen molar-refractivity contribution >= 4 is 5.71 Å². The van der Waals surface area contributed by atoms with E-state index >= 15 is 0 Å². The van der Waals surface area contributed by atoms with Gasteiger partial charge < -0.3 is 19.0 Å². The van der Waals surface area contributed by atoms with Crippen molar-refractivity contribution in [3.05, 3.63) is 65.2 Å². The fourth-order valence-corrected chi connectivity index (χ4v) is 3.03. The molecule has 5 heteroatoms. The zero-order valence-electron chi connectivity index (χ0n) is 18.7. The molecule has 0 atom stereocenters. The van der Waals surface area contributed by atoms with Gasteiger partial charge in [0.2, 0.25) is 0 Å². The van der Waals surface area contributed by atoms with Crippen LogP contribution in [0.2, 0.25) is 0 Å². The van der Waals surface area contributed by atoms with E-state index in [0.29, 0.717) is 19.8 Å². The van der Waals surface area contributed by atoms with Crippen LogP contribution >= 0.6 is 0 Å². The number of rotatable bonds is 12. The van der Waals surface area contributed by atoms with Crippen molar-refractivity contribution in [2.75, 3.05) is 26.9 Å². The summed E-state index contributed by atoms with van der Waals surface area (Å²) in [6.07, 6.45) is 5.80. The van der Waals surface area contributed by atoms with Gasteiger partial charge in [-0.25, -0.2) is 0 Å². The molecular formula is C25H33NO4. The Hall–Kier alpha value is -2.95. The van der Waals surface area contributed by atoms with E-state index in [1.165, 1.54) is 0 Å². The minimum atomic E-state index is 0.581. The molecular weight excluding hydrogens is 378 g/mol. The van der Waals surface area contributed by atoms with Crippen molar-refractivity contribution in [1.29, 1.82) is 0 Å². The number of ether oxygens (including phenoxy) is 3. The number of aryl methyl sites for hydroxylation is 2. The molecule has 0 saturated carbocycles. The van der Waals surface area contributed by atoms with Crippen LogP contribution in [0.4, 0.5) is 0 Å². The second kappa shape index (κ2) is 12.6. The normalized spacial score (nSPS) is 11.6. The maximum Gasteiger partial charge on any atom is 0.125 e. The van der Waals surface area contributed by atoms with Crippen molar-refractivity contribution in [3.63, 3.8) is 0 Å². The van der Waals surface area contributed by atoms with E-state index in [0.717, 1.165) is 52.5 Å². The molecule has 0 spiro atoms. The number of benzene rings is 2. The van der Waals surface area contributed by atoms with Gasteiger partial charge in [0.05, 0.1) is 18.9 Å². The Morgan fingerprint density at radius 1 is 0.933 bits per heavy atom. The number of nitrogens with zero attached hydrogens (tertiary/aromatic N) is 1. The van der Waals surface area contributed by atoms with Crippen LogP contribution in [0.3, 0.4) is 0 Å². The van der Waals surface area contributed by atoms with Crippen molar-refractivity contribution in [3.8, 4) is 17.2 Å². The first kappa shape index (κ1) is 23.3. The smallest absolute Gasteiger partial charge is 0.125 e. The predicted octanol–water partition coefficient (Wildman–Crippen LogP) is 5.87. The number of unbranched alkanes of at least 4 members (excludes halogenated alkanes) is 1. The third kappa shape index (κ3) is 7.47. The first-order chi connectivity index (χ1) is 14.5. The molecule has 0 amide bonds. The van der Waals surface area contributed by atoms with Gasteiger partial charge in [-0.3, -0.25) is 0 Å². The standard InChI is InChI=1S/C25H33NO4/c1-6-7-13-29-24-16-19(2)25(20(3)17-24)30-15-9-8-14-28-23-12-10-11-22(18-23)21(4)26-27-5/h6-7,10-12,16-18H,8-9,13-15H2,1-5H3/b7-6+,26-21?. The Morgan fingerprint density at radius 2 is 1.63 bits per heavy atom. The molecule has 0 unspecified atom stereocenters. The zero-order chi connectivity index (χ0) is 21.8. The molecule has 2 aromatic carbocycles. The lowest BCUT2D eigenvalue weighted by molar-refractivity contribution is 0.213. The lowest BCUT2D eigenvalue weighted by Crippen LogP contribution is -2.05. The van der Waals surface area contributed by atoms with Crippen LogP contribution in [0, 0.1) is 13.8 Å². The zero-order valence-corrected chi connectivity index (χ0v) is 18.7. The van der Waals surface area contributed by atoms with Crippen molar-refractivity contribution in [2.24, 2.45) is 5.16 Å². The summed E-state index contributed by atoms with van der Waals surface area (Å²) in [4.78, 5) is 4.83. The molecule has 0 heterocycles. The van der Waals surface area contributed by atoms with Gasteiger partial charge >= 0.3 is 0 Å². The lowest BCUT2D eigenvalue weighted by atomic mass is 10.1. The largest absolute Gasteiger partial charge is 0.494 e. The summed E-state index contributed by atoms with van der Waals surface area (Å²) in [6.45, 7) is 9.87. The van der Waals surface area contributed by atoms with Crippen LogP contribution in [0.15, 0.2) is 53.7 Å². The fraction of sp³-hybridized carbons (Fsp3) is 0.400. The van der Waals surface area contributed by atoms with Crippen LogP contribution in [0.5, 0.6) is 17.2 Å². The van der Waals surface area contributed by atoms with Crippen molar-refractivity contribution < 1.29 is 19.0 Å². The third-order valence-corrected chi connectivity index (χ3v) is 4.55. The Bertz CT molecular complexity index is 835. The van der Waals surface area contributed by atoms with Gasteiger partial charge in [0.25, 0.3) is 0 Å². The van der Waals surface area contributed by atoms with Crippen LogP contribution in [-0.4, -0.2) is 32.6 Å². The van der Waals surface area contributed by atoms with Gasteiger partial charge in [0.1, 0.15) is 31.0 Å². The highest BCUT2D eigenvalue weighted by atomic mass is 16.6. The molecule has 0 fully saturated rings. The van der Waals surface area contributed by atoms with E-state index in [4.69, 9.17) is 19.0 Å². The molecule has 2 aromatic rings. The van der Waals surface area contributed by atoms with Crippen LogP contribution in [-0.2, 0) is 4.84 Å². The topological polar surface area (TPSA) is 49.3 Å². The molecule has 2 rings (SSSR count). The third-order valence-electron chi connectivity index (χ3n) is 4.55. The Labute approximate surface area is 180 Å². The van der Waals surface area contributed by atoms with Crippen LogP contribution in [0.1, 0.15) is 43.4 Å². The summed E-state index contributed by atoms with van der Waals surface area (Å²) in [7, 11) is 1.54. The molecule has 0 bridgehead atoms. The molecule has 0 aliphatic rings. The van der Waals surface area contributed by atoms with Crippen molar-refractivity contribution in [2.45, 2.75) is 40.5 Å². The lowest BCUT2D eigenvalue weighted by Gasteiger charge is -2.14. The number of hydrogen-bond donors (Lipinski definition) is 0. The SMILES string of the molecule is C/C=C/COc1cc(C)c(OCCCCOc2cccc(C(C)=NOC)c2)c(C)c1. The molecule has 30 heavy (non-hydrogen) atoms. The summed E-state index contributed by atoms with van der Waals surface area (Å²) < 4.78 is 17.6. The van der Waals surface area contributed by atoms with E-state index in [-0.39, 0.29) is 0 Å². The first-order valence-electron chi connectivity index (χ1n) is 10.3. The van der Waals surface area contributed by atoms with E-state index in [2.05, 4.69) is 19.0 Å². The van der Waals surface area contributed by atoms with E-state index in [1.54, 1.807) is 7.11 Å². The molecule has 0 aromatic heterocycles. The second-order valence-electron chi connectivity index (χ2n) is 7.06. The van der Waals surface area contributed by atoms with Gasteiger partial charge in [-0.1, -0.05) is 29.4 Å². The Kier molecular flexibility index (Phi) is 9.78. The molecule has 5 nitrogen and oxygen atoms in total. The highest BCUT2D eigenvalue weighted by Crippen LogP contribution is 2.28. The van der Waals surface area contributed by atoms with Gasteiger partial charge in [0, 0.05) is 5.56 Å². The Morgan fingerprint density at radius 3 is 2.30 bits per heavy atom. The monoisotopic (exact) mass is 411 g/mol. The summed E-state index contributed by atoms with van der Waals surface area (Å²) in [5.74, 6) is 2.64. The molecule has 162 valence electrons. The fourth-order valence-electron chi connectivity index (χ4n) is 3.03. The first-order valence-corrected chi connectivity index (χ1v) is 10.3. The maximum absolute atomic E-state index is 6.02. The molecule has 0 radical (unpaired) electrons. The predicted molar refractivity (Wildman–Crippen MR) is 122 cm³/mol. The number of hydrogen-bond acceptors (Lipinski definition) is 5. The summed E-state index contributed by atoms with van der Waals surface area (Å²) in [5.41, 5.74) is 3.99. The Balaban J connectivity index is 1.75. The van der Waals surface area contributed by atoms with Gasteiger partial charge in [-0.2, -0.15) is 0 Å². The summed E-state index contributed by atoms with van der Waals surface area (Å²) >= 11 is 0. The van der Waals surface area contributed by atoms with E-state index in [9.17, 15) is 0 Å². The average Bonchev–Trinajstić information content (AvgIpc) is 2.73. The van der Waals surface area contributed by atoms with E-state index in [1.807, 2.05) is 62.4 Å². The summed E-state index contributed by atoms with van der Waals surface area (Å²) in [6, 6.07) is 11.9. The minimum Gasteiger partial charge on any atom is -0.494 e. The number of allylic oxidation sites excluding steroid dienone is 1. The van der Waals surface area contributed by atoms with Crippen molar-refractivity contribution in [1.82, 2.24) is 0 Å². The van der Waals surface area contributed by atoms with Crippen LogP contribution < -0.4 is 14.2 Å². The van der Waals surface area contributed by atoms with Gasteiger partial charge in [-0.05, 0) is 75.9 Å². The summed E-state index contributed by atoms with van der Waals surface area (Å²) in [5, 5.41) is 3.96. The minimum absolute atomic E-state index is 0.581. The molecule has 0 saturated heterocycles. The van der Waals surface area contributed by atoms with Gasteiger partial charge in [-0.15, -0.1) is 0 Å². The highest BCUT2D eigenvalue weighted by molar-refractivity contribution is 5.98. The molecule has 0 N–H and O–H groups in total. The molecule has 0 aliphatic carbocycles. The van der Waals surface area contributed by atoms with Crippen LogP contribution in [0.25, 0.3) is 0 Å². The number of oxime groups is 1. The average molecular weight is 412 g/mol. The maximum atomic E-state index is 6.02. The molecule has 0 aliphatic heterocycles. The van der Waals surface area contributed by atoms with Gasteiger partial charge in [0.15, 0.2) is 0 Å². The second-order valence-corrected chi connectivity index (χ2v) is 7.06.